The van der Waals surface area contributed by atoms with Crippen molar-refractivity contribution in [3.8, 4) is 0 Å². The van der Waals surface area contributed by atoms with Crippen molar-refractivity contribution in [1.82, 2.24) is 0 Å². The third kappa shape index (κ3) is 66.1. The van der Waals surface area contributed by atoms with Crippen molar-refractivity contribution < 1.29 is 40.8 Å². The van der Waals surface area contributed by atoms with Gasteiger partial charge in [0.05, 0.1) is 68.1 Å². The smallest absolute Gasteiger partial charge is 0.310 e. The molecule has 6 nitrogen and oxygen atoms in total. The lowest BCUT2D eigenvalue weighted by Crippen LogP contribution is -3.00. The van der Waals surface area contributed by atoms with Crippen molar-refractivity contribution >= 4 is 11.9 Å². The number of quaternary nitrogens is 2. The van der Waals surface area contributed by atoms with Crippen molar-refractivity contribution in [1.29, 1.82) is 0 Å². The zero-order chi connectivity index (χ0) is 39.6. The maximum Gasteiger partial charge on any atom is 0.310 e. The molecule has 0 unspecified atom stereocenters. The second-order valence-electron chi connectivity index (χ2n) is 17.4. The van der Waals surface area contributed by atoms with Gasteiger partial charge in [0, 0.05) is 5.97 Å². The predicted octanol–water partition coefficient (Wildman–Crippen LogP) is 9.34. The Bertz CT molecular complexity index is 728. The highest BCUT2D eigenvalue weighted by molar-refractivity contribution is 5.75. The molecular formula is C46H95ClN2O4. The average Bonchev–Trinajstić information content (AvgIpc) is 3.07. The SMILES string of the molecule is CCCCCCCCCCC=COC(=O)CCC(=O)[O-].CCCCCCCCCCCC[N+](C)(C)C.CCCCCCCCCCCC[N+](C)(C)C.[Cl-]. The normalized spacial score (nSPS) is 11.3. The molecule has 0 fully saturated rings. The van der Waals surface area contributed by atoms with Crippen LogP contribution in [-0.2, 0) is 14.3 Å². The van der Waals surface area contributed by atoms with Crippen LogP contribution < -0.4 is 17.5 Å². The molecule has 0 saturated heterocycles. The van der Waals surface area contributed by atoms with Gasteiger partial charge in [0.25, 0.3) is 0 Å². The van der Waals surface area contributed by atoms with Crippen LogP contribution in [0.25, 0.3) is 0 Å². The standard InChI is InChI=1S/C16H28O4.2C15H34N.ClH/c1-2-3-4-5-6-7-8-9-10-11-14-20-16(19)13-12-15(17)18;2*1-5-6-7-8-9-10-11-12-13-14-15-16(2,3)4;/h11,14H,2-10,12-13H2,1H3,(H,17,18);2*5-15H2,1-4H3;1H/q;2*+1;/p-2. The molecule has 0 saturated carbocycles. The largest absolute Gasteiger partial charge is 1.00 e. The van der Waals surface area contributed by atoms with Crippen LogP contribution in [0.3, 0.4) is 0 Å². The average molecular weight is 776 g/mol. The van der Waals surface area contributed by atoms with Crippen LogP contribution in [0.1, 0.15) is 220 Å². The van der Waals surface area contributed by atoms with Gasteiger partial charge >= 0.3 is 5.97 Å². The minimum Gasteiger partial charge on any atom is -1.00 e. The van der Waals surface area contributed by atoms with Gasteiger partial charge in [-0.05, 0) is 51.0 Å². The molecule has 0 spiro atoms. The van der Waals surface area contributed by atoms with E-state index >= 15 is 0 Å². The Kier molecular flexibility index (Phi) is 50.1. The van der Waals surface area contributed by atoms with Crippen molar-refractivity contribution in [2.45, 2.75) is 220 Å². The van der Waals surface area contributed by atoms with Crippen LogP contribution in [0.5, 0.6) is 0 Å². The molecule has 320 valence electrons. The Morgan fingerprint density at radius 2 is 0.736 bits per heavy atom. The zero-order valence-electron chi connectivity index (χ0n) is 37.4. The summed E-state index contributed by atoms with van der Waals surface area (Å²) in [5.74, 6) is -1.76. The number of halogens is 1. The molecular weight excluding hydrogens is 680 g/mol. The van der Waals surface area contributed by atoms with Gasteiger partial charge in [-0.3, -0.25) is 4.79 Å². The monoisotopic (exact) mass is 775 g/mol. The van der Waals surface area contributed by atoms with Crippen molar-refractivity contribution in [2.75, 3.05) is 55.4 Å². The van der Waals surface area contributed by atoms with Crippen LogP contribution in [0.4, 0.5) is 0 Å². The second-order valence-corrected chi connectivity index (χ2v) is 17.4. The van der Waals surface area contributed by atoms with E-state index in [4.69, 9.17) is 4.74 Å². The minimum atomic E-state index is -1.23. The number of esters is 1. The summed E-state index contributed by atoms with van der Waals surface area (Å²) in [5, 5.41) is 10.1. The van der Waals surface area contributed by atoms with Crippen LogP contribution in [0, 0.1) is 0 Å². The highest BCUT2D eigenvalue weighted by atomic mass is 35.5. The van der Waals surface area contributed by atoms with E-state index in [0.29, 0.717) is 0 Å². The lowest BCUT2D eigenvalue weighted by molar-refractivity contribution is -0.870. The molecule has 0 aromatic heterocycles. The Morgan fingerprint density at radius 3 is 1.02 bits per heavy atom. The second kappa shape index (κ2) is 45.3. The van der Waals surface area contributed by atoms with E-state index in [-0.39, 0.29) is 25.2 Å². The Morgan fingerprint density at radius 1 is 0.453 bits per heavy atom. The van der Waals surface area contributed by atoms with Crippen molar-refractivity contribution in [3.05, 3.63) is 12.3 Å². The predicted molar refractivity (Wildman–Crippen MR) is 226 cm³/mol. The van der Waals surface area contributed by atoms with E-state index in [1.54, 1.807) is 0 Å². The molecule has 53 heavy (non-hydrogen) atoms. The van der Waals surface area contributed by atoms with E-state index in [0.717, 1.165) is 21.8 Å². The van der Waals surface area contributed by atoms with E-state index in [1.807, 2.05) is 6.08 Å². The van der Waals surface area contributed by atoms with E-state index in [2.05, 4.69) is 63.1 Å². The first-order valence-electron chi connectivity index (χ1n) is 22.4. The fraction of sp³-hybridized carbons (Fsp3) is 0.913. The molecule has 0 radical (unpaired) electrons. The summed E-state index contributed by atoms with van der Waals surface area (Å²) < 4.78 is 7.00. The van der Waals surface area contributed by atoms with Gasteiger partial charge in [-0.2, -0.15) is 0 Å². The molecule has 0 amide bonds. The van der Waals surface area contributed by atoms with Gasteiger partial charge in [-0.25, -0.2) is 0 Å². The first-order chi connectivity index (χ1) is 24.8. The fourth-order valence-corrected chi connectivity index (χ4v) is 6.00. The summed E-state index contributed by atoms with van der Waals surface area (Å²) in [7, 11) is 13.7. The molecule has 0 aromatic rings. The first-order valence-corrected chi connectivity index (χ1v) is 22.4. The summed E-state index contributed by atoms with van der Waals surface area (Å²) in [4.78, 5) is 21.2. The lowest BCUT2D eigenvalue weighted by atomic mass is 10.1. The number of hydrogen-bond donors (Lipinski definition) is 0. The number of carbonyl (C=O) groups excluding carboxylic acids is 2. The quantitative estimate of drug-likeness (QED) is 0.0279. The molecule has 7 heteroatoms. The number of hydrogen-bond acceptors (Lipinski definition) is 4. The molecule has 0 aliphatic heterocycles. The maximum atomic E-state index is 11.0. The highest BCUT2D eigenvalue weighted by Gasteiger charge is 2.06. The lowest BCUT2D eigenvalue weighted by Gasteiger charge is -2.23. The Labute approximate surface area is 339 Å². The fourth-order valence-electron chi connectivity index (χ4n) is 6.00. The van der Waals surface area contributed by atoms with Crippen LogP contribution in [0.15, 0.2) is 12.3 Å². The topological polar surface area (TPSA) is 66.4 Å². The van der Waals surface area contributed by atoms with E-state index < -0.39 is 11.9 Å². The number of carboxylic acids is 1. The summed E-state index contributed by atoms with van der Waals surface area (Å²) >= 11 is 0. The van der Waals surface area contributed by atoms with Gasteiger partial charge in [0.2, 0.25) is 0 Å². The third-order valence-electron chi connectivity index (χ3n) is 9.42. The number of ether oxygens (including phenoxy) is 1. The number of unbranched alkanes of at least 4 members (excludes halogenated alkanes) is 26. The molecule has 0 aromatic carbocycles. The van der Waals surface area contributed by atoms with Gasteiger partial charge in [-0.15, -0.1) is 0 Å². The molecule has 0 aliphatic carbocycles. The third-order valence-corrected chi connectivity index (χ3v) is 9.42. The van der Waals surface area contributed by atoms with Crippen molar-refractivity contribution in [2.24, 2.45) is 0 Å². The van der Waals surface area contributed by atoms with Crippen LogP contribution >= 0.6 is 0 Å². The Hall–Kier alpha value is -1.11. The summed E-state index contributed by atoms with van der Waals surface area (Å²) in [6, 6.07) is 0. The minimum absolute atomic E-state index is 0. The molecule has 0 heterocycles. The Balaban J connectivity index is -0.000000340. The summed E-state index contributed by atoms with van der Waals surface area (Å²) in [5.41, 5.74) is 0. The number of aliphatic carboxylic acids is 1. The van der Waals surface area contributed by atoms with Crippen LogP contribution in [0.2, 0.25) is 0 Å². The van der Waals surface area contributed by atoms with E-state index in [9.17, 15) is 14.7 Å². The number of allylic oxidation sites excluding steroid dienone is 1. The first kappa shape index (κ1) is 58.6. The maximum absolute atomic E-state index is 11.0. The van der Waals surface area contributed by atoms with Crippen molar-refractivity contribution in [3.63, 3.8) is 0 Å². The molecule has 0 bridgehead atoms. The number of rotatable bonds is 35. The number of carboxylic acid groups (broad SMARTS) is 1. The molecule has 0 atom stereocenters. The molecule has 0 N–H and O–H groups in total. The summed E-state index contributed by atoms with van der Waals surface area (Å²) in [6.07, 6.45) is 42.6. The molecule has 0 rings (SSSR count). The summed E-state index contributed by atoms with van der Waals surface area (Å²) in [6.45, 7) is 9.45. The van der Waals surface area contributed by atoms with E-state index in [1.165, 1.54) is 193 Å². The molecule has 0 aliphatic rings. The zero-order valence-corrected chi connectivity index (χ0v) is 38.2. The number of carbonyl (C=O) groups is 2. The van der Waals surface area contributed by atoms with Gasteiger partial charge in [0.15, 0.2) is 0 Å². The van der Waals surface area contributed by atoms with Crippen LogP contribution in [-0.4, -0.2) is 76.3 Å². The van der Waals surface area contributed by atoms with Gasteiger partial charge in [0.1, 0.15) is 0 Å². The van der Waals surface area contributed by atoms with Gasteiger partial charge in [-0.1, -0.05) is 168 Å². The number of nitrogens with zero attached hydrogens (tertiary/aromatic N) is 2. The highest BCUT2D eigenvalue weighted by Crippen LogP contribution is 2.13. The van der Waals surface area contributed by atoms with Gasteiger partial charge < -0.3 is 36.0 Å².